The minimum absolute atomic E-state index is 0.0231. The second-order valence-corrected chi connectivity index (χ2v) is 7.42. The average molecular weight is 413 g/mol. The molecule has 0 spiro atoms. The molecule has 5 nitrogen and oxygen atoms in total. The molecule has 0 bridgehead atoms. The van der Waals surface area contributed by atoms with Gasteiger partial charge in [0.25, 0.3) is 5.91 Å². The molecule has 6 heteroatoms. The summed E-state index contributed by atoms with van der Waals surface area (Å²) in [7, 11) is 0. The Kier molecular flexibility index (Phi) is 7.08. The van der Waals surface area contributed by atoms with Crippen molar-refractivity contribution in [2.75, 3.05) is 13.1 Å². The Morgan fingerprint density at radius 3 is 2.67 bits per heavy atom. The molecule has 1 aliphatic heterocycles. The number of nitrogens with zero attached hydrogens (tertiary/aromatic N) is 1. The van der Waals surface area contributed by atoms with Crippen LogP contribution in [0, 0.1) is 5.82 Å². The van der Waals surface area contributed by atoms with Crippen LogP contribution in [0.1, 0.15) is 56.3 Å². The molecule has 2 aromatic carbocycles. The quantitative estimate of drug-likeness (QED) is 0.748. The highest BCUT2D eigenvalue weighted by Crippen LogP contribution is 2.38. The summed E-state index contributed by atoms with van der Waals surface area (Å²) >= 11 is 0. The summed E-state index contributed by atoms with van der Waals surface area (Å²) in [5, 5.41) is 2.79. The Hall–Kier alpha value is -2.89. The highest BCUT2D eigenvalue weighted by molar-refractivity contribution is 5.81. The molecule has 2 amide bonds. The van der Waals surface area contributed by atoms with Crippen molar-refractivity contribution in [1.82, 2.24) is 10.2 Å². The van der Waals surface area contributed by atoms with E-state index in [4.69, 9.17) is 4.74 Å². The number of nitrogens with one attached hydrogen (secondary N) is 1. The zero-order valence-electron chi connectivity index (χ0n) is 17.8. The van der Waals surface area contributed by atoms with Crippen molar-refractivity contribution in [3.05, 3.63) is 65.0 Å². The van der Waals surface area contributed by atoms with E-state index in [2.05, 4.69) is 5.32 Å². The summed E-state index contributed by atoms with van der Waals surface area (Å²) in [6.45, 7) is 6.72. The van der Waals surface area contributed by atoms with Crippen LogP contribution < -0.4 is 10.1 Å². The Balaban J connectivity index is 2.00. The van der Waals surface area contributed by atoms with E-state index in [1.807, 2.05) is 49.9 Å². The molecule has 2 atom stereocenters. The van der Waals surface area contributed by atoms with Gasteiger partial charge in [0.1, 0.15) is 11.6 Å². The van der Waals surface area contributed by atoms with E-state index in [-0.39, 0.29) is 23.7 Å². The summed E-state index contributed by atoms with van der Waals surface area (Å²) in [6.07, 6.45) is 1.05. The third-order valence-electron chi connectivity index (χ3n) is 5.43. The fourth-order valence-electron chi connectivity index (χ4n) is 3.95. The van der Waals surface area contributed by atoms with Gasteiger partial charge in [-0.05, 0) is 60.7 Å². The first-order chi connectivity index (χ1) is 14.5. The lowest BCUT2D eigenvalue weighted by Crippen LogP contribution is -2.40. The molecule has 2 aromatic rings. The highest BCUT2D eigenvalue weighted by atomic mass is 19.1. The second-order valence-electron chi connectivity index (χ2n) is 7.42. The van der Waals surface area contributed by atoms with Crippen LogP contribution in [-0.4, -0.2) is 35.9 Å². The lowest BCUT2D eigenvalue weighted by atomic mass is 9.87. The average Bonchev–Trinajstić information content (AvgIpc) is 2.76. The molecule has 0 radical (unpaired) electrons. The van der Waals surface area contributed by atoms with Crippen LogP contribution in [0.25, 0.3) is 0 Å². The predicted molar refractivity (Wildman–Crippen MR) is 114 cm³/mol. The molecule has 0 aliphatic carbocycles. The number of fused-ring (bicyclic) bond motifs is 1. The normalized spacial score (nSPS) is 16.5. The zero-order chi connectivity index (χ0) is 21.7. The van der Waals surface area contributed by atoms with Gasteiger partial charge in [0.2, 0.25) is 5.91 Å². The van der Waals surface area contributed by atoms with Gasteiger partial charge in [-0.3, -0.25) is 9.59 Å². The number of hydrogen-bond acceptors (Lipinski definition) is 3. The number of halogens is 1. The standard InChI is InChI=1S/C24H29FN2O3/c1-4-21(24(29)26-6-3)30-19-11-10-16-12-13-27(22(28)5-2)23(20(16)15-19)17-8-7-9-18(25)14-17/h7-11,14-15,21,23H,4-6,12-13H2,1-3H3,(H,26,29)/t21-,23-/m0/s1. The Morgan fingerprint density at radius 1 is 1.20 bits per heavy atom. The minimum atomic E-state index is -0.590. The monoisotopic (exact) mass is 412 g/mol. The van der Waals surface area contributed by atoms with Crippen molar-refractivity contribution in [3.8, 4) is 5.75 Å². The van der Waals surface area contributed by atoms with Crippen molar-refractivity contribution in [3.63, 3.8) is 0 Å². The van der Waals surface area contributed by atoms with E-state index in [1.165, 1.54) is 12.1 Å². The van der Waals surface area contributed by atoms with E-state index < -0.39 is 6.10 Å². The van der Waals surface area contributed by atoms with Crippen molar-refractivity contribution >= 4 is 11.8 Å². The maximum atomic E-state index is 14.0. The number of rotatable bonds is 7. The van der Waals surface area contributed by atoms with Gasteiger partial charge in [-0.1, -0.05) is 32.0 Å². The highest BCUT2D eigenvalue weighted by Gasteiger charge is 2.32. The topological polar surface area (TPSA) is 58.6 Å². The molecule has 0 fully saturated rings. The fourth-order valence-corrected chi connectivity index (χ4v) is 3.95. The van der Waals surface area contributed by atoms with Gasteiger partial charge in [-0.2, -0.15) is 0 Å². The van der Waals surface area contributed by atoms with Gasteiger partial charge in [0.15, 0.2) is 6.10 Å². The molecule has 1 aliphatic rings. The molecule has 0 aromatic heterocycles. The fraction of sp³-hybridized carbons (Fsp3) is 0.417. The smallest absolute Gasteiger partial charge is 0.261 e. The predicted octanol–water partition coefficient (Wildman–Crippen LogP) is 4.00. The third-order valence-corrected chi connectivity index (χ3v) is 5.43. The van der Waals surface area contributed by atoms with Crippen LogP contribution >= 0.6 is 0 Å². The summed E-state index contributed by atoms with van der Waals surface area (Å²) in [4.78, 5) is 26.7. The van der Waals surface area contributed by atoms with E-state index >= 15 is 0 Å². The van der Waals surface area contributed by atoms with Crippen molar-refractivity contribution in [2.45, 2.75) is 52.2 Å². The number of carbonyl (C=O) groups is 2. The van der Waals surface area contributed by atoms with E-state index in [0.717, 1.165) is 23.1 Å². The molecule has 0 saturated carbocycles. The third kappa shape index (κ3) is 4.64. The molecule has 0 unspecified atom stereocenters. The van der Waals surface area contributed by atoms with Gasteiger partial charge in [0.05, 0.1) is 6.04 Å². The number of carbonyl (C=O) groups excluding carboxylic acids is 2. The summed E-state index contributed by atoms with van der Waals surface area (Å²) in [6, 6.07) is 11.7. The van der Waals surface area contributed by atoms with Crippen LogP contribution in [0.3, 0.4) is 0 Å². The molecule has 30 heavy (non-hydrogen) atoms. The van der Waals surface area contributed by atoms with Crippen LogP contribution in [0.2, 0.25) is 0 Å². The number of ether oxygens (including phenoxy) is 1. The minimum Gasteiger partial charge on any atom is -0.481 e. The van der Waals surface area contributed by atoms with Gasteiger partial charge in [-0.15, -0.1) is 0 Å². The van der Waals surface area contributed by atoms with Crippen LogP contribution in [0.15, 0.2) is 42.5 Å². The zero-order valence-corrected chi connectivity index (χ0v) is 17.8. The maximum absolute atomic E-state index is 14.0. The van der Waals surface area contributed by atoms with Gasteiger partial charge in [-0.25, -0.2) is 4.39 Å². The molecule has 0 saturated heterocycles. The summed E-state index contributed by atoms with van der Waals surface area (Å²) in [5.74, 6) is 0.106. The van der Waals surface area contributed by atoms with E-state index in [1.54, 1.807) is 6.07 Å². The summed E-state index contributed by atoms with van der Waals surface area (Å²) < 4.78 is 20.0. The van der Waals surface area contributed by atoms with Crippen molar-refractivity contribution in [1.29, 1.82) is 0 Å². The van der Waals surface area contributed by atoms with Crippen molar-refractivity contribution in [2.24, 2.45) is 0 Å². The molecule has 1 N–H and O–H groups in total. The molecule has 160 valence electrons. The van der Waals surface area contributed by atoms with E-state index in [0.29, 0.717) is 31.7 Å². The molecule has 1 heterocycles. The van der Waals surface area contributed by atoms with Crippen LogP contribution in [0.5, 0.6) is 5.75 Å². The second kappa shape index (κ2) is 9.74. The Bertz CT molecular complexity index is 915. The van der Waals surface area contributed by atoms with Crippen LogP contribution in [0.4, 0.5) is 4.39 Å². The first-order valence-electron chi connectivity index (χ1n) is 10.6. The van der Waals surface area contributed by atoms with Gasteiger partial charge in [0, 0.05) is 19.5 Å². The Labute approximate surface area is 177 Å². The maximum Gasteiger partial charge on any atom is 0.261 e. The molecular weight excluding hydrogens is 383 g/mol. The van der Waals surface area contributed by atoms with Gasteiger partial charge < -0.3 is 15.0 Å². The molecule has 3 rings (SSSR count). The van der Waals surface area contributed by atoms with Crippen LogP contribution in [-0.2, 0) is 16.0 Å². The molecular formula is C24H29FN2O3. The number of hydrogen-bond donors (Lipinski definition) is 1. The number of amides is 2. The number of benzene rings is 2. The first-order valence-corrected chi connectivity index (χ1v) is 10.6. The number of likely N-dealkylation sites (N-methyl/N-ethyl adjacent to an activating group) is 1. The lowest BCUT2D eigenvalue weighted by Gasteiger charge is -2.38. The van der Waals surface area contributed by atoms with E-state index in [9.17, 15) is 14.0 Å². The lowest BCUT2D eigenvalue weighted by molar-refractivity contribution is -0.133. The summed E-state index contributed by atoms with van der Waals surface area (Å²) in [5.41, 5.74) is 2.74. The van der Waals surface area contributed by atoms with Gasteiger partial charge >= 0.3 is 0 Å². The largest absolute Gasteiger partial charge is 0.481 e. The SMILES string of the molecule is CCNC(=O)[C@H](CC)Oc1ccc2c(c1)[C@H](c1cccc(F)c1)N(C(=O)CC)CC2. The Morgan fingerprint density at radius 2 is 2.00 bits per heavy atom. The first kappa shape index (κ1) is 21.8. The van der Waals surface area contributed by atoms with Crippen molar-refractivity contribution < 1.29 is 18.7 Å².